The van der Waals surface area contributed by atoms with Crippen molar-refractivity contribution in [1.82, 2.24) is 4.98 Å². The molecule has 0 saturated heterocycles. The van der Waals surface area contributed by atoms with Gasteiger partial charge in [0, 0.05) is 23.2 Å². The number of nitrogens with zero attached hydrogens (tertiary/aromatic N) is 1. The van der Waals surface area contributed by atoms with E-state index in [0.717, 1.165) is 5.56 Å². The fourth-order valence-corrected chi connectivity index (χ4v) is 5.23. The van der Waals surface area contributed by atoms with E-state index >= 15 is 0 Å². The van der Waals surface area contributed by atoms with Gasteiger partial charge in [-0.25, -0.2) is 8.42 Å². The van der Waals surface area contributed by atoms with Crippen molar-refractivity contribution in [2.24, 2.45) is 0 Å². The fraction of sp³-hybridized carbons (Fsp3) is 0.0833. The van der Waals surface area contributed by atoms with Gasteiger partial charge in [0.1, 0.15) is 0 Å². The number of carbonyl (C=O) groups excluding carboxylic acids is 1. The predicted molar refractivity (Wildman–Crippen MR) is 114 cm³/mol. The van der Waals surface area contributed by atoms with Crippen LogP contribution >= 0.6 is 0 Å². The summed E-state index contributed by atoms with van der Waals surface area (Å²) in [5, 5.41) is 0.311. The lowest BCUT2D eigenvalue weighted by Gasteiger charge is -2.14. The number of carbonyl (C=O) groups is 1. The second-order valence-electron chi connectivity index (χ2n) is 7.24. The van der Waals surface area contributed by atoms with Crippen LogP contribution in [-0.4, -0.2) is 26.0 Å². The number of benzene rings is 3. The summed E-state index contributed by atoms with van der Waals surface area (Å²) in [6.45, 7) is 1.96. The Bertz CT molecular complexity index is 1430. The van der Waals surface area contributed by atoms with Crippen molar-refractivity contribution in [3.8, 4) is 11.5 Å². The minimum Gasteiger partial charge on any atom is -0.454 e. The van der Waals surface area contributed by atoms with Crippen LogP contribution in [0.15, 0.2) is 82.7 Å². The van der Waals surface area contributed by atoms with Gasteiger partial charge in [-0.1, -0.05) is 48.0 Å². The summed E-state index contributed by atoms with van der Waals surface area (Å²) in [7, 11) is -4.03. The van der Waals surface area contributed by atoms with E-state index in [1.807, 2.05) is 19.1 Å². The Hall–Kier alpha value is -3.71. The number of hydrogen-bond donors (Lipinski definition) is 0. The van der Waals surface area contributed by atoms with E-state index in [-0.39, 0.29) is 22.1 Å². The molecule has 7 heteroatoms. The highest BCUT2D eigenvalue weighted by Gasteiger charge is 2.30. The van der Waals surface area contributed by atoms with Gasteiger partial charge < -0.3 is 9.47 Å². The van der Waals surface area contributed by atoms with E-state index in [1.165, 1.54) is 18.3 Å². The van der Waals surface area contributed by atoms with Gasteiger partial charge in [0.15, 0.2) is 17.3 Å². The van der Waals surface area contributed by atoms with Gasteiger partial charge in [0.2, 0.25) is 16.6 Å². The van der Waals surface area contributed by atoms with Gasteiger partial charge in [-0.2, -0.15) is 0 Å². The van der Waals surface area contributed by atoms with Gasteiger partial charge in [0.05, 0.1) is 20.9 Å². The minimum absolute atomic E-state index is 0.0130. The lowest BCUT2D eigenvalue weighted by Crippen LogP contribution is -2.12. The van der Waals surface area contributed by atoms with Crippen molar-refractivity contribution in [3.05, 3.63) is 89.6 Å². The second-order valence-corrected chi connectivity index (χ2v) is 9.12. The topological polar surface area (TPSA) is 82.6 Å². The highest BCUT2D eigenvalue weighted by molar-refractivity contribution is 7.91. The maximum Gasteiger partial charge on any atom is 0.231 e. The van der Waals surface area contributed by atoms with E-state index < -0.39 is 15.6 Å². The van der Waals surface area contributed by atoms with Crippen molar-refractivity contribution in [2.75, 3.05) is 6.79 Å². The lowest BCUT2D eigenvalue weighted by atomic mass is 10.0. The summed E-state index contributed by atoms with van der Waals surface area (Å²) >= 11 is 0. The van der Waals surface area contributed by atoms with E-state index in [2.05, 4.69) is 4.98 Å². The molecule has 154 valence electrons. The molecule has 3 aromatic carbocycles. The Labute approximate surface area is 179 Å². The lowest BCUT2D eigenvalue weighted by molar-refractivity contribution is 0.103. The molecule has 0 spiro atoms. The molecule has 2 heterocycles. The molecule has 1 aliphatic heterocycles. The van der Waals surface area contributed by atoms with Crippen molar-refractivity contribution in [1.29, 1.82) is 0 Å². The van der Waals surface area contributed by atoms with Crippen molar-refractivity contribution in [3.63, 3.8) is 0 Å². The van der Waals surface area contributed by atoms with Crippen LogP contribution in [0.3, 0.4) is 0 Å². The zero-order chi connectivity index (χ0) is 21.6. The Kier molecular flexibility index (Phi) is 4.48. The number of fused-ring (bicyclic) bond motifs is 2. The third kappa shape index (κ3) is 3.23. The number of sulfone groups is 1. The van der Waals surface area contributed by atoms with Gasteiger partial charge in [-0.15, -0.1) is 0 Å². The highest BCUT2D eigenvalue weighted by atomic mass is 32.2. The molecule has 0 aliphatic carbocycles. The summed E-state index contributed by atoms with van der Waals surface area (Å²) < 4.78 is 38.3. The molecule has 0 unspecified atom stereocenters. The van der Waals surface area contributed by atoms with Gasteiger partial charge in [-0.05, 0) is 25.1 Å². The number of ketones is 1. The molecule has 0 atom stereocenters. The molecule has 4 aromatic rings. The maximum absolute atomic E-state index is 13.7. The zero-order valence-corrected chi connectivity index (χ0v) is 17.3. The van der Waals surface area contributed by atoms with Crippen molar-refractivity contribution < 1.29 is 22.7 Å². The molecule has 6 nitrogen and oxygen atoms in total. The number of aryl methyl sites for hydroxylation is 1. The number of pyridine rings is 1. The van der Waals surface area contributed by atoms with Crippen molar-refractivity contribution in [2.45, 2.75) is 16.7 Å². The number of ether oxygens (including phenoxy) is 2. The van der Waals surface area contributed by atoms with Crippen LogP contribution < -0.4 is 9.47 Å². The number of rotatable bonds is 4. The summed E-state index contributed by atoms with van der Waals surface area (Å²) in [4.78, 5) is 17.7. The molecule has 0 saturated carbocycles. The second kappa shape index (κ2) is 7.21. The van der Waals surface area contributed by atoms with Crippen LogP contribution in [0.1, 0.15) is 21.5 Å². The minimum atomic E-state index is -4.03. The first-order valence-electron chi connectivity index (χ1n) is 9.59. The van der Waals surface area contributed by atoms with Crippen LogP contribution in [0.25, 0.3) is 10.9 Å². The van der Waals surface area contributed by atoms with Crippen molar-refractivity contribution >= 4 is 26.5 Å². The Morgan fingerprint density at radius 1 is 0.935 bits per heavy atom. The third-order valence-electron chi connectivity index (χ3n) is 5.19. The fourth-order valence-electron chi connectivity index (χ4n) is 3.59. The molecule has 0 bridgehead atoms. The first-order chi connectivity index (χ1) is 14.9. The molecule has 31 heavy (non-hydrogen) atoms. The van der Waals surface area contributed by atoms with Crippen LogP contribution in [-0.2, 0) is 9.84 Å². The summed E-state index contributed by atoms with van der Waals surface area (Å²) in [6, 6.07) is 18.2. The molecule has 0 fully saturated rings. The predicted octanol–water partition coefficient (Wildman–Crippen LogP) is 4.34. The Balaban J connectivity index is 1.82. The maximum atomic E-state index is 13.7. The number of aromatic nitrogens is 1. The highest BCUT2D eigenvalue weighted by Crippen LogP contribution is 2.40. The average Bonchev–Trinajstić information content (AvgIpc) is 3.24. The quantitative estimate of drug-likeness (QED) is 0.447. The molecular formula is C24H17NO5S. The molecule has 0 amide bonds. The van der Waals surface area contributed by atoms with Crippen LogP contribution in [0.2, 0.25) is 0 Å². The summed E-state index contributed by atoms with van der Waals surface area (Å²) in [5.41, 5.74) is 1.80. The first-order valence-corrected chi connectivity index (χ1v) is 11.1. The monoisotopic (exact) mass is 431 g/mol. The van der Waals surface area contributed by atoms with Gasteiger partial charge in [-0.3, -0.25) is 9.78 Å². The Morgan fingerprint density at radius 2 is 1.61 bits per heavy atom. The molecule has 5 rings (SSSR count). The number of hydrogen-bond acceptors (Lipinski definition) is 6. The standard InChI is InChI=1S/C24H17NO5S/c1-15-7-9-16(10-8-15)23(26)19-13-25-20-12-22-21(29-14-30-22)11-18(20)24(19)31(27,28)17-5-3-2-4-6-17/h2-13H,14H2,1H3. The smallest absolute Gasteiger partial charge is 0.231 e. The third-order valence-corrected chi connectivity index (χ3v) is 7.06. The normalized spacial score (nSPS) is 12.8. The van der Waals surface area contributed by atoms with Gasteiger partial charge >= 0.3 is 0 Å². The van der Waals surface area contributed by atoms with Crippen LogP contribution in [0.5, 0.6) is 11.5 Å². The van der Waals surface area contributed by atoms with Crippen LogP contribution in [0, 0.1) is 6.92 Å². The zero-order valence-electron chi connectivity index (χ0n) is 16.5. The largest absolute Gasteiger partial charge is 0.454 e. The molecular weight excluding hydrogens is 414 g/mol. The average molecular weight is 431 g/mol. The summed E-state index contributed by atoms with van der Waals surface area (Å²) in [6.07, 6.45) is 1.32. The molecule has 0 N–H and O–H groups in total. The van der Waals surface area contributed by atoms with Crippen LogP contribution in [0.4, 0.5) is 0 Å². The van der Waals surface area contributed by atoms with E-state index in [1.54, 1.807) is 42.5 Å². The van der Waals surface area contributed by atoms with E-state index in [4.69, 9.17) is 9.47 Å². The SMILES string of the molecule is Cc1ccc(C(=O)c2cnc3cc4c(cc3c2S(=O)(=O)c2ccccc2)OCO4)cc1. The molecule has 1 aliphatic rings. The Morgan fingerprint density at radius 3 is 2.32 bits per heavy atom. The van der Waals surface area contributed by atoms with E-state index in [9.17, 15) is 13.2 Å². The first kappa shape index (κ1) is 19.3. The van der Waals surface area contributed by atoms with Gasteiger partial charge in [0.25, 0.3) is 0 Å². The van der Waals surface area contributed by atoms with E-state index in [0.29, 0.717) is 28.0 Å². The molecule has 1 aromatic heterocycles. The molecule has 0 radical (unpaired) electrons. The summed E-state index contributed by atoms with van der Waals surface area (Å²) in [5.74, 6) is 0.487.